The Hall–Kier alpha value is -4.19. The SMILES string of the molecule is Cc1ccc(N2CCC(NC(=O)c3ccc(N4CCC(C5OC=CO5)CC4)cn3)CC2)c2[nH]cc(C#N)c12. The van der Waals surface area contributed by atoms with Gasteiger partial charge in [-0.3, -0.25) is 4.79 Å². The van der Waals surface area contributed by atoms with Gasteiger partial charge in [0, 0.05) is 49.7 Å². The Bertz CT molecular complexity index is 1370. The number of benzene rings is 1. The monoisotopic (exact) mass is 512 g/mol. The van der Waals surface area contributed by atoms with Crippen LogP contribution in [0, 0.1) is 24.2 Å². The van der Waals surface area contributed by atoms with E-state index in [1.807, 2.05) is 19.1 Å². The largest absolute Gasteiger partial charge is 0.459 e. The fraction of sp³-hybridized carbons (Fsp3) is 0.414. The van der Waals surface area contributed by atoms with Gasteiger partial charge in [0.1, 0.15) is 24.3 Å². The summed E-state index contributed by atoms with van der Waals surface area (Å²) in [6.07, 6.45) is 10.3. The third-order valence-corrected chi connectivity index (χ3v) is 8.06. The van der Waals surface area contributed by atoms with Crippen molar-refractivity contribution in [1.29, 1.82) is 5.26 Å². The Morgan fingerprint density at radius 3 is 2.47 bits per heavy atom. The second-order valence-electron chi connectivity index (χ2n) is 10.3. The first-order valence-corrected chi connectivity index (χ1v) is 13.3. The molecule has 0 aliphatic carbocycles. The van der Waals surface area contributed by atoms with Crippen LogP contribution in [0.2, 0.25) is 0 Å². The highest BCUT2D eigenvalue weighted by atomic mass is 16.7. The molecule has 0 bridgehead atoms. The molecule has 2 N–H and O–H groups in total. The molecule has 0 atom stereocenters. The van der Waals surface area contributed by atoms with Crippen LogP contribution < -0.4 is 15.1 Å². The first-order chi connectivity index (χ1) is 18.6. The zero-order valence-corrected chi connectivity index (χ0v) is 21.5. The Morgan fingerprint density at radius 2 is 1.79 bits per heavy atom. The Morgan fingerprint density at radius 1 is 1.05 bits per heavy atom. The van der Waals surface area contributed by atoms with E-state index in [1.165, 1.54) is 0 Å². The molecule has 3 aromatic rings. The maximum Gasteiger partial charge on any atom is 0.270 e. The summed E-state index contributed by atoms with van der Waals surface area (Å²) >= 11 is 0. The van der Waals surface area contributed by atoms with Gasteiger partial charge in [-0.05, 0) is 56.4 Å². The second-order valence-corrected chi connectivity index (χ2v) is 10.3. The van der Waals surface area contributed by atoms with Crippen LogP contribution in [0.4, 0.5) is 11.4 Å². The van der Waals surface area contributed by atoms with Crippen LogP contribution in [0.15, 0.2) is 49.2 Å². The molecule has 196 valence electrons. The van der Waals surface area contributed by atoms with Gasteiger partial charge >= 0.3 is 0 Å². The van der Waals surface area contributed by atoms with Gasteiger partial charge in [0.2, 0.25) is 6.29 Å². The predicted octanol–water partition coefficient (Wildman–Crippen LogP) is 4.20. The van der Waals surface area contributed by atoms with E-state index in [2.05, 4.69) is 43.3 Å². The molecule has 2 aromatic heterocycles. The topological polar surface area (TPSA) is 107 Å². The smallest absolute Gasteiger partial charge is 0.270 e. The Labute approximate surface area is 222 Å². The molecule has 38 heavy (non-hydrogen) atoms. The minimum Gasteiger partial charge on any atom is -0.459 e. The molecule has 5 heterocycles. The summed E-state index contributed by atoms with van der Waals surface area (Å²) in [5.41, 5.74) is 5.37. The first kappa shape index (κ1) is 24.2. The summed E-state index contributed by atoms with van der Waals surface area (Å²) in [7, 11) is 0. The minimum absolute atomic E-state index is 0.105. The van der Waals surface area contributed by atoms with E-state index in [9.17, 15) is 10.1 Å². The quantitative estimate of drug-likeness (QED) is 0.528. The number of nitriles is 1. The molecule has 3 aliphatic rings. The van der Waals surface area contributed by atoms with Crippen LogP contribution in [0.3, 0.4) is 0 Å². The zero-order valence-electron chi connectivity index (χ0n) is 21.5. The summed E-state index contributed by atoms with van der Waals surface area (Å²) in [6.45, 7) is 5.52. The molecule has 1 aromatic carbocycles. The fourth-order valence-corrected chi connectivity index (χ4v) is 5.89. The van der Waals surface area contributed by atoms with Gasteiger partial charge in [-0.2, -0.15) is 5.26 Å². The predicted molar refractivity (Wildman–Crippen MR) is 145 cm³/mol. The van der Waals surface area contributed by atoms with E-state index in [0.717, 1.165) is 79.7 Å². The fourth-order valence-electron chi connectivity index (χ4n) is 5.89. The van der Waals surface area contributed by atoms with E-state index in [1.54, 1.807) is 24.9 Å². The number of rotatable bonds is 5. The molecule has 2 fully saturated rings. The van der Waals surface area contributed by atoms with Gasteiger partial charge in [-0.25, -0.2) is 4.98 Å². The molecular weight excluding hydrogens is 480 g/mol. The van der Waals surface area contributed by atoms with Gasteiger partial charge < -0.3 is 29.6 Å². The number of hydrogen-bond donors (Lipinski definition) is 2. The minimum atomic E-state index is -0.156. The van der Waals surface area contributed by atoms with Crippen molar-refractivity contribution in [1.82, 2.24) is 15.3 Å². The van der Waals surface area contributed by atoms with Gasteiger partial charge in [-0.1, -0.05) is 6.07 Å². The number of carbonyl (C=O) groups excluding carboxylic acids is 1. The number of nitrogens with zero attached hydrogens (tertiary/aromatic N) is 4. The van der Waals surface area contributed by atoms with Crippen molar-refractivity contribution in [3.8, 4) is 6.07 Å². The van der Waals surface area contributed by atoms with E-state index in [0.29, 0.717) is 17.2 Å². The summed E-state index contributed by atoms with van der Waals surface area (Å²) in [6, 6.07) is 10.4. The third kappa shape index (κ3) is 4.62. The highest BCUT2D eigenvalue weighted by Gasteiger charge is 2.30. The second kappa shape index (κ2) is 10.3. The Kier molecular flexibility index (Phi) is 6.54. The number of aromatic amines is 1. The van der Waals surface area contributed by atoms with E-state index < -0.39 is 0 Å². The first-order valence-electron chi connectivity index (χ1n) is 13.3. The number of anilines is 2. The third-order valence-electron chi connectivity index (χ3n) is 8.06. The lowest BCUT2D eigenvalue weighted by molar-refractivity contribution is -0.0728. The van der Waals surface area contributed by atoms with Crippen LogP contribution >= 0.6 is 0 Å². The van der Waals surface area contributed by atoms with Crippen LogP contribution in [0.5, 0.6) is 0 Å². The van der Waals surface area contributed by atoms with Crippen molar-refractivity contribution in [2.75, 3.05) is 36.0 Å². The van der Waals surface area contributed by atoms with Gasteiger partial charge in [0.15, 0.2) is 0 Å². The molecule has 9 heteroatoms. The molecular formula is C29H32N6O3. The van der Waals surface area contributed by atoms with Gasteiger partial charge in [0.25, 0.3) is 5.91 Å². The number of aromatic nitrogens is 2. The number of aryl methyl sites for hydroxylation is 1. The van der Waals surface area contributed by atoms with Crippen LogP contribution in [-0.2, 0) is 9.47 Å². The molecule has 0 spiro atoms. The molecule has 2 saturated heterocycles. The summed E-state index contributed by atoms with van der Waals surface area (Å²) in [4.78, 5) is 25.3. The van der Waals surface area contributed by atoms with Crippen molar-refractivity contribution >= 4 is 28.2 Å². The van der Waals surface area contributed by atoms with Crippen molar-refractivity contribution in [2.45, 2.75) is 44.9 Å². The number of ether oxygens (including phenoxy) is 2. The molecule has 0 unspecified atom stereocenters. The number of nitrogens with one attached hydrogen (secondary N) is 2. The zero-order chi connectivity index (χ0) is 26.1. The van der Waals surface area contributed by atoms with Crippen LogP contribution in [0.1, 0.15) is 47.3 Å². The molecule has 1 amide bonds. The summed E-state index contributed by atoms with van der Waals surface area (Å²) in [5, 5.41) is 13.6. The molecule has 6 rings (SSSR count). The number of piperidine rings is 2. The number of H-pyrrole nitrogens is 1. The standard InChI is InChI=1S/C29H32N6O3/c1-19-2-5-25(27-26(19)21(16-30)17-32-27)35-12-8-22(9-13-35)33-28(36)24-4-3-23(18-31-24)34-10-6-20(7-11-34)29-37-14-15-38-29/h2-5,14-15,17-18,20,22,29,32H,6-13H2,1H3,(H,33,36). The lowest BCUT2D eigenvalue weighted by Crippen LogP contribution is -2.45. The normalized spacial score (nSPS) is 18.8. The number of fused-ring (bicyclic) bond motifs is 1. The molecule has 0 radical (unpaired) electrons. The van der Waals surface area contributed by atoms with Crippen molar-refractivity contribution in [3.63, 3.8) is 0 Å². The maximum absolute atomic E-state index is 12.9. The highest BCUT2D eigenvalue weighted by molar-refractivity contribution is 5.97. The Balaban J connectivity index is 1.02. The lowest BCUT2D eigenvalue weighted by Gasteiger charge is -2.35. The molecule has 0 saturated carbocycles. The van der Waals surface area contributed by atoms with E-state index in [4.69, 9.17) is 9.47 Å². The van der Waals surface area contributed by atoms with Crippen LogP contribution in [-0.4, -0.2) is 54.4 Å². The number of carbonyl (C=O) groups is 1. The average molecular weight is 513 g/mol. The van der Waals surface area contributed by atoms with Crippen LogP contribution in [0.25, 0.3) is 10.9 Å². The number of hydrogen-bond acceptors (Lipinski definition) is 7. The summed E-state index contributed by atoms with van der Waals surface area (Å²) < 4.78 is 11.0. The highest BCUT2D eigenvalue weighted by Crippen LogP contribution is 2.33. The van der Waals surface area contributed by atoms with Gasteiger partial charge in [-0.15, -0.1) is 0 Å². The van der Waals surface area contributed by atoms with Crippen molar-refractivity contribution in [3.05, 3.63) is 66.0 Å². The maximum atomic E-state index is 12.9. The number of pyridine rings is 1. The lowest BCUT2D eigenvalue weighted by atomic mass is 9.96. The summed E-state index contributed by atoms with van der Waals surface area (Å²) in [5.74, 6) is 0.262. The van der Waals surface area contributed by atoms with Crippen molar-refractivity contribution in [2.24, 2.45) is 5.92 Å². The van der Waals surface area contributed by atoms with E-state index >= 15 is 0 Å². The van der Waals surface area contributed by atoms with Gasteiger partial charge in [0.05, 0.1) is 28.7 Å². The average Bonchev–Trinajstić information content (AvgIpc) is 3.65. The molecule has 9 nitrogen and oxygen atoms in total. The van der Waals surface area contributed by atoms with E-state index in [-0.39, 0.29) is 18.2 Å². The molecule has 3 aliphatic heterocycles. The van der Waals surface area contributed by atoms with Crippen molar-refractivity contribution < 1.29 is 14.3 Å². The number of amides is 1.